The van der Waals surface area contributed by atoms with Crippen LogP contribution in [0.3, 0.4) is 0 Å². The minimum absolute atomic E-state index is 0.185. The van der Waals surface area contributed by atoms with Crippen LogP contribution in [0.5, 0.6) is 5.75 Å². The molecule has 1 amide bonds. The predicted octanol–water partition coefficient (Wildman–Crippen LogP) is 1.87. The summed E-state index contributed by atoms with van der Waals surface area (Å²) in [5, 5.41) is 9.18. The first-order chi connectivity index (χ1) is 9.70. The molecule has 1 atom stereocenters. The zero-order valence-electron chi connectivity index (χ0n) is 11.7. The van der Waals surface area contributed by atoms with E-state index in [9.17, 15) is 23.1 Å². The number of hydrogen-bond donors (Lipinski definition) is 1. The number of hydrogen-bond acceptors (Lipinski definition) is 4. The van der Waals surface area contributed by atoms with E-state index in [4.69, 9.17) is 0 Å². The number of carbonyl (C=O) groups is 1. The van der Waals surface area contributed by atoms with Gasteiger partial charge in [0.2, 0.25) is 0 Å². The Balaban J connectivity index is 2.79. The Labute approximate surface area is 120 Å². The smallest absolute Gasteiger partial charge is 0.422 e. The molecule has 1 aromatic heterocycles. The summed E-state index contributed by atoms with van der Waals surface area (Å²) in [5.41, 5.74) is -0.185. The van der Waals surface area contributed by atoms with E-state index < -0.39 is 24.8 Å². The van der Waals surface area contributed by atoms with Crippen LogP contribution in [-0.2, 0) is 0 Å². The molecule has 0 aromatic carbocycles. The van der Waals surface area contributed by atoms with Crippen LogP contribution >= 0.6 is 0 Å². The maximum absolute atomic E-state index is 12.2. The molecule has 1 rings (SSSR count). The van der Waals surface area contributed by atoms with Crippen LogP contribution in [-0.4, -0.2) is 53.4 Å². The normalized spacial score (nSPS) is 12.9. The van der Waals surface area contributed by atoms with Gasteiger partial charge in [0.05, 0.1) is 6.10 Å². The van der Waals surface area contributed by atoms with E-state index in [1.165, 1.54) is 30.3 Å². The molecule has 5 nitrogen and oxygen atoms in total. The molecule has 0 saturated heterocycles. The zero-order valence-corrected chi connectivity index (χ0v) is 11.7. The van der Waals surface area contributed by atoms with E-state index in [-0.39, 0.29) is 18.0 Å². The zero-order chi connectivity index (χ0) is 16.0. The molecule has 1 unspecified atom stereocenters. The third-order valence-corrected chi connectivity index (χ3v) is 2.59. The van der Waals surface area contributed by atoms with Gasteiger partial charge in [0.1, 0.15) is 0 Å². The molecule has 21 heavy (non-hydrogen) atoms. The SMILES string of the molecule is CC(O)CCN(C)C(=O)c1ncccc1OCC(F)(F)F. The summed E-state index contributed by atoms with van der Waals surface area (Å²) in [4.78, 5) is 17.2. The highest BCUT2D eigenvalue weighted by Crippen LogP contribution is 2.21. The lowest BCUT2D eigenvalue weighted by Gasteiger charge is -2.19. The summed E-state index contributed by atoms with van der Waals surface area (Å²) >= 11 is 0. The Morgan fingerprint density at radius 2 is 2.19 bits per heavy atom. The lowest BCUT2D eigenvalue weighted by Crippen LogP contribution is -2.31. The van der Waals surface area contributed by atoms with Crippen molar-refractivity contribution >= 4 is 5.91 Å². The largest absolute Gasteiger partial charge is 0.482 e. The number of alkyl halides is 3. The Morgan fingerprint density at radius 3 is 2.76 bits per heavy atom. The standard InChI is InChI=1S/C13H17F3N2O3/c1-9(19)5-7-18(2)12(20)11-10(4-3-6-17-11)21-8-13(14,15)16/h3-4,6,9,19H,5,7-8H2,1-2H3. The van der Waals surface area contributed by atoms with Gasteiger partial charge in [-0.05, 0) is 25.5 Å². The average Bonchev–Trinajstić information content (AvgIpc) is 2.41. The first-order valence-electron chi connectivity index (χ1n) is 6.29. The number of aromatic nitrogens is 1. The van der Waals surface area contributed by atoms with E-state index in [1.54, 1.807) is 6.92 Å². The first-order valence-corrected chi connectivity index (χ1v) is 6.29. The van der Waals surface area contributed by atoms with Crippen LogP contribution < -0.4 is 4.74 Å². The molecule has 1 aromatic rings. The topological polar surface area (TPSA) is 62.7 Å². The highest BCUT2D eigenvalue weighted by atomic mass is 19.4. The van der Waals surface area contributed by atoms with Gasteiger partial charge in [0.25, 0.3) is 5.91 Å². The molecule has 0 aliphatic rings. The second kappa shape index (κ2) is 7.26. The second-order valence-electron chi connectivity index (χ2n) is 4.62. The van der Waals surface area contributed by atoms with Crippen LogP contribution in [0.2, 0.25) is 0 Å². The number of ether oxygens (including phenoxy) is 1. The monoisotopic (exact) mass is 306 g/mol. The number of amides is 1. The van der Waals surface area contributed by atoms with Crippen LogP contribution in [0.15, 0.2) is 18.3 Å². The number of rotatable bonds is 6. The minimum Gasteiger partial charge on any atom is -0.482 e. The highest BCUT2D eigenvalue weighted by Gasteiger charge is 2.29. The highest BCUT2D eigenvalue weighted by molar-refractivity contribution is 5.94. The number of nitrogens with zero attached hydrogens (tertiary/aromatic N) is 2. The van der Waals surface area contributed by atoms with Crippen molar-refractivity contribution in [1.29, 1.82) is 0 Å². The fraction of sp³-hybridized carbons (Fsp3) is 0.538. The molecule has 1 heterocycles. The lowest BCUT2D eigenvalue weighted by atomic mass is 10.2. The van der Waals surface area contributed by atoms with Crippen molar-refractivity contribution in [1.82, 2.24) is 9.88 Å². The molecule has 118 valence electrons. The van der Waals surface area contributed by atoms with Crippen molar-refractivity contribution in [3.05, 3.63) is 24.0 Å². The van der Waals surface area contributed by atoms with E-state index in [0.29, 0.717) is 6.42 Å². The molecule has 0 saturated carbocycles. The van der Waals surface area contributed by atoms with Gasteiger partial charge in [-0.15, -0.1) is 0 Å². The van der Waals surface area contributed by atoms with Gasteiger partial charge in [0, 0.05) is 19.8 Å². The molecule has 0 aliphatic heterocycles. The van der Waals surface area contributed by atoms with E-state index in [0.717, 1.165) is 0 Å². The van der Waals surface area contributed by atoms with Crippen LogP contribution in [0.4, 0.5) is 13.2 Å². The molecule has 1 N–H and O–H groups in total. The molecule has 8 heteroatoms. The molecule has 0 radical (unpaired) electrons. The van der Waals surface area contributed by atoms with Crippen molar-refractivity contribution in [3.8, 4) is 5.75 Å². The van der Waals surface area contributed by atoms with E-state index in [1.807, 2.05) is 0 Å². The molecular weight excluding hydrogens is 289 g/mol. The molecule has 0 spiro atoms. The number of pyridine rings is 1. The molecule has 0 fully saturated rings. The third-order valence-electron chi connectivity index (χ3n) is 2.59. The quantitative estimate of drug-likeness (QED) is 0.871. The summed E-state index contributed by atoms with van der Waals surface area (Å²) < 4.78 is 41.1. The van der Waals surface area contributed by atoms with Crippen LogP contribution in [0.1, 0.15) is 23.8 Å². The lowest BCUT2D eigenvalue weighted by molar-refractivity contribution is -0.153. The Hall–Kier alpha value is -1.83. The average molecular weight is 306 g/mol. The molecule has 0 bridgehead atoms. The second-order valence-corrected chi connectivity index (χ2v) is 4.62. The van der Waals surface area contributed by atoms with Crippen LogP contribution in [0.25, 0.3) is 0 Å². The van der Waals surface area contributed by atoms with Crippen molar-refractivity contribution in [2.75, 3.05) is 20.2 Å². The van der Waals surface area contributed by atoms with Crippen molar-refractivity contribution in [3.63, 3.8) is 0 Å². The molecule has 0 aliphatic carbocycles. The summed E-state index contributed by atoms with van der Waals surface area (Å²) in [6.07, 6.45) is -3.41. The van der Waals surface area contributed by atoms with Gasteiger partial charge in [-0.25, -0.2) is 4.98 Å². The molecular formula is C13H17F3N2O3. The summed E-state index contributed by atoms with van der Waals surface area (Å²) in [6.45, 7) is 0.346. The minimum atomic E-state index is -4.49. The van der Waals surface area contributed by atoms with Crippen molar-refractivity contribution < 1.29 is 27.8 Å². The van der Waals surface area contributed by atoms with Crippen LogP contribution in [0, 0.1) is 0 Å². The summed E-state index contributed by atoms with van der Waals surface area (Å²) in [7, 11) is 1.48. The predicted molar refractivity (Wildman–Crippen MR) is 69.0 cm³/mol. The number of carbonyl (C=O) groups excluding carboxylic acids is 1. The fourth-order valence-electron chi connectivity index (χ4n) is 1.49. The van der Waals surface area contributed by atoms with E-state index >= 15 is 0 Å². The van der Waals surface area contributed by atoms with Crippen molar-refractivity contribution in [2.45, 2.75) is 25.6 Å². The van der Waals surface area contributed by atoms with Gasteiger partial charge in [-0.3, -0.25) is 4.79 Å². The van der Waals surface area contributed by atoms with Gasteiger partial charge in [-0.2, -0.15) is 13.2 Å². The summed E-state index contributed by atoms with van der Waals surface area (Å²) in [5.74, 6) is -0.780. The van der Waals surface area contributed by atoms with Gasteiger partial charge in [-0.1, -0.05) is 0 Å². The van der Waals surface area contributed by atoms with Gasteiger partial charge < -0.3 is 14.7 Å². The van der Waals surface area contributed by atoms with E-state index in [2.05, 4.69) is 9.72 Å². The van der Waals surface area contributed by atoms with Crippen molar-refractivity contribution in [2.24, 2.45) is 0 Å². The Kier molecular flexibility index (Phi) is 5.95. The van der Waals surface area contributed by atoms with Gasteiger partial charge >= 0.3 is 6.18 Å². The number of aliphatic hydroxyl groups is 1. The first kappa shape index (κ1) is 17.2. The summed E-state index contributed by atoms with van der Waals surface area (Å²) in [6, 6.07) is 2.65. The maximum atomic E-state index is 12.2. The number of aliphatic hydroxyl groups excluding tert-OH is 1. The Morgan fingerprint density at radius 1 is 1.52 bits per heavy atom. The fourth-order valence-corrected chi connectivity index (χ4v) is 1.49. The maximum Gasteiger partial charge on any atom is 0.422 e. The Bertz CT molecular complexity index is 478. The third kappa shape index (κ3) is 5.99. The van der Waals surface area contributed by atoms with Gasteiger partial charge in [0.15, 0.2) is 18.1 Å². The number of halogens is 3.